The van der Waals surface area contributed by atoms with Crippen molar-refractivity contribution in [2.75, 3.05) is 5.32 Å². The van der Waals surface area contributed by atoms with E-state index in [-0.39, 0.29) is 5.91 Å². The third-order valence-corrected chi connectivity index (χ3v) is 6.18. The van der Waals surface area contributed by atoms with Crippen LogP contribution in [0.4, 0.5) is 5.13 Å². The molecule has 1 aliphatic heterocycles. The van der Waals surface area contributed by atoms with Gasteiger partial charge in [0, 0.05) is 27.5 Å². The lowest BCUT2D eigenvalue weighted by Crippen LogP contribution is -2.12. The molecule has 1 amide bonds. The van der Waals surface area contributed by atoms with Crippen LogP contribution >= 0.6 is 23.1 Å². The van der Waals surface area contributed by atoms with Gasteiger partial charge in [-0.25, -0.2) is 4.98 Å². The SMILES string of the molecule is O=C(CCc1ccccc1)Nc1nc2c(s1)CSc1ccccc1-2. The fraction of sp³-hybridized carbons (Fsp3) is 0.158. The molecule has 1 aliphatic rings. The molecule has 120 valence electrons. The summed E-state index contributed by atoms with van der Waals surface area (Å²) < 4.78 is 0. The van der Waals surface area contributed by atoms with Gasteiger partial charge in [0.05, 0.1) is 5.69 Å². The van der Waals surface area contributed by atoms with Crippen LogP contribution in [0.1, 0.15) is 16.9 Å². The van der Waals surface area contributed by atoms with E-state index in [1.54, 1.807) is 11.3 Å². The van der Waals surface area contributed by atoms with Crippen LogP contribution in [-0.2, 0) is 17.0 Å². The van der Waals surface area contributed by atoms with Gasteiger partial charge in [-0.3, -0.25) is 4.79 Å². The molecule has 2 aromatic carbocycles. The van der Waals surface area contributed by atoms with Gasteiger partial charge in [-0.05, 0) is 18.1 Å². The first-order valence-corrected chi connectivity index (χ1v) is 9.65. The summed E-state index contributed by atoms with van der Waals surface area (Å²) in [5.74, 6) is 0.940. The van der Waals surface area contributed by atoms with Crippen molar-refractivity contribution in [3.63, 3.8) is 0 Å². The van der Waals surface area contributed by atoms with Crippen LogP contribution in [0.25, 0.3) is 11.3 Å². The van der Waals surface area contributed by atoms with Gasteiger partial charge in [0.1, 0.15) is 0 Å². The average molecular weight is 352 g/mol. The van der Waals surface area contributed by atoms with E-state index in [0.29, 0.717) is 11.6 Å². The molecule has 0 atom stereocenters. The highest BCUT2D eigenvalue weighted by Crippen LogP contribution is 2.44. The van der Waals surface area contributed by atoms with Crippen molar-refractivity contribution in [1.29, 1.82) is 0 Å². The minimum atomic E-state index is 0.0193. The number of thiazole rings is 1. The van der Waals surface area contributed by atoms with Crippen molar-refractivity contribution in [2.45, 2.75) is 23.5 Å². The molecule has 0 saturated heterocycles. The topological polar surface area (TPSA) is 42.0 Å². The highest BCUT2D eigenvalue weighted by atomic mass is 32.2. The molecule has 0 fully saturated rings. The van der Waals surface area contributed by atoms with Crippen LogP contribution in [0.3, 0.4) is 0 Å². The van der Waals surface area contributed by atoms with Gasteiger partial charge in [-0.2, -0.15) is 0 Å². The van der Waals surface area contributed by atoms with Crippen LogP contribution in [0.5, 0.6) is 0 Å². The van der Waals surface area contributed by atoms with Gasteiger partial charge in [0.15, 0.2) is 5.13 Å². The zero-order valence-corrected chi connectivity index (χ0v) is 14.6. The molecule has 24 heavy (non-hydrogen) atoms. The third kappa shape index (κ3) is 3.23. The van der Waals surface area contributed by atoms with E-state index >= 15 is 0 Å². The van der Waals surface area contributed by atoms with Gasteiger partial charge in [-0.1, -0.05) is 48.5 Å². The maximum atomic E-state index is 12.2. The molecule has 4 rings (SSSR count). The number of amides is 1. The fourth-order valence-corrected chi connectivity index (χ4v) is 4.85. The lowest BCUT2D eigenvalue weighted by molar-refractivity contribution is -0.116. The number of fused-ring (bicyclic) bond motifs is 3. The number of aryl methyl sites for hydroxylation is 1. The molecule has 5 heteroatoms. The molecule has 0 unspecified atom stereocenters. The Balaban J connectivity index is 1.45. The Morgan fingerprint density at radius 2 is 1.88 bits per heavy atom. The van der Waals surface area contributed by atoms with E-state index in [9.17, 15) is 4.79 Å². The molecule has 0 saturated carbocycles. The maximum absolute atomic E-state index is 12.2. The predicted molar refractivity (Wildman–Crippen MR) is 101 cm³/mol. The van der Waals surface area contributed by atoms with Gasteiger partial charge in [0.2, 0.25) is 5.91 Å². The Morgan fingerprint density at radius 1 is 1.08 bits per heavy atom. The van der Waals surface area contributed by atoms with Gasteiger partial charge in [0.25, 0.3) is 0 Å². The molecule has 3 nitrogen and oxygen atoms in total. The van der Waals surface area contributed by atoms with Gasteiger partial charge in [-0.15, -0.1) is 23.1 Å². The average Bonchev–Trinajstić information content (AvgIpc) is 3.04. The second-order valence-corrected chi connectivity index (χ2v) is 7.71. The molecular formula is C19H16N2OS2. The Hall–Kier alpha value is -2.11. The zero-order chi connectivity index (χ0) is 16.4. The molecule has 1 aromatic heterocycles. The first-order chi connectivity index (χ1) is 11.8. The van der Waals surface area contributed by atoms with E-state index in [1.165, 1.54) is 20.9 Å². The van der Waals surface area contributed by atoms with E-state index in [4.69, 9.17) is 0 Å². The Bertz CT molecular complexity index is 874. The number of anilines is 1. The summed E-state index contributed by atoms with van der Waals surface area (Å²) in [6.07, 6.45) is 1.22. The Morgan fingerprint density at radius 3 is 2.75 bits per heavy atom. The summed E-state index contributed by atoms with van der Waals surface area (Å²) in [5, 5.41) is 3.66. The number of hydrogen-bond donors (Lipinski definition) is 1. The molecule has 0 spiro atoms. The third-order valence-electron chi connectivity index (χ3n) is 3.93. The molecule has 0 radical (unpaired) electrons. The van der Waals surface area contributed by atoms with E-state index < -0.39 is 0 Å². The number of carbonyl (C=O) groups excluding carboxylic acids is 1. The van der Waals surface area contributed by atoms with Gasteiger partial charge >= 0.3 is 0 Å². The van der Waals surface area contributed by atoms with Crippen LogP contribution in [-0.4, -0.2) is 10.9 Å². The highest BCUT2D eigenvalue weighted by molar-refractivity contribution is 7.98. The number of nitrogens with one attached hydrogen (secondary N) is 1. The van der Waals surface area contributed by atoms with Crippen LogP contribution in [0, 0.1) is 0 Å². The van der Waals surface area contributed by atoms with Crippen molar-refractivity contribution in [3.05, 3.63) is 65.0 Å². The van der Waals surface area contributed by atoms with Crippen molar-refractivity contribution < 1.29 is 4.79 Å². The zero-order valence-electron chi connectivity index (χ0n) is 13.0. The Labute approximate surface area is 149 Å². The van der Waals surface area contributed by atoms with Crippen molar-refractivity contribution in [2.24, 2.45) is 0 Å². The van der Waals surface area contributed by atoms with Crippen LogP contribution in [0.15, 0.2) is 59.5 Å². The first kappa shape index (κ1) is 15.4. The number of carbonyl (C=O) groups is 1. The fourth-order valence-electron chi connectivity index (χ4n) is 2.73. The quantitative estimate of drug-likeness (QED) is 0.719. The first-order valence-electron chi connectivity index (χ1n) is 7.85. The monoisotopic (exact) mass is 352 g/mol. The number of aromatic nitrogens is 1. The number of thioether (sulfide) groups is 1. The summed E-state index contributed by atoms with van der Waals surface area (Å²) in [5.41, 5.74) is 3.37. The summed E-state index contributed by atoms with van der Waals surface area (Å²) in [6, 6.07) is 18.4. The predicted octanol–water partition coefficient (Wildman–Crippen LogP) is 4.99. The molecular weight excluding hydrogens is 336 g/mol. The van der Waals surface area contributed by atoms with Crippen molar-refractivity contribution in [1.82, 2.24) is 4.98 Å². The minimum absolute atomic E-state index is 0.0193. The molecule has 0 aliphatic carbocycles. The normalized spacial score (nSPS) is 12.3. The standard InChI is InChI=1S/C19H16N2OS2/c22-17(11-10-13-6-2-1-3-7-13)20-19-21-18-14-8-4-5-9-15(14)23-12-16(18)24-19/h1-9H,10-12H2,(H,20,21,22). The molecule has 0 bridgehead atoms. The number of rotatable bonds is 4. The van der Waals surface area contributed by atoms with Gasteiger partial charge < -0.3 is 5.32 Å². The largest absolute Gasteiger partial charge is 0.302 e. The minimum Gasteiger partial charge on any atom is -0.302 e. The van der Waals surface area contributed by atoms with E-state index in [2.05, 4.69) is 28.5 Å². The molecule has 2 heterocycles. The second kappa shape index (κ2) is 6.79. The number of benzene rings is 2. The lowest BCUT2D eigenvalue weighted by atomic mass is 10.1. The highest BCUT2D eigenvalue weighted by Gasteiger charge is 2.21. The van der Waals surface area contributed by atoms with Crippen LogP contribution in [0.2, 0.25) is 0 Å². The lowest BCUT2D eigenvalue weighted by Gasteiger charge is -2.13. The van der Waals surface area contributed by atoms with E-state index in [0.717, 1.165) is 17.9 Å². The Kier molecular flexibility index (Phi) is 4.36. The summed E-state index contributed by atoms with van der Waals surface area (Å²) >= 11 is 3.41. The second-order valence-electron chi connectivity index (χ2n) is 5.61. The van der Waals surface area contributed by atoms with Crippen LogP contribution < -0.4 is 5.32 Å². The number of hydrogen-bond acceptors (Lipinski definition) is 4. The summed E-state index contributed by atoms with van der Waals surface area (Å²) in [4.78, 5) is 19.3. The smallest absolute Gasteiger partial charge is 0.226 e. The maximum Gasteiger partial charge on any atom is 0.226 e. The summed E-state index contributed by atoms with van der Waals surface area (Å²) in [7, 11) is 0. The van der Waals surface area contributed by atoms with Crippen molar-refractivity contribution >= 4 is 34.1 Å². The molecule has 1 N–H and O–H groups in total. The van der Waals surface area contributed by atoms with Crippen molar-refractivity contribution in [3.8, 4) is 11.3 Å². The number of nitrogens with zero attached hydrogens (tertiary/aromatic N) is 1. The van der Waals surface area contributed by atoms with E-state index in [1.807, 2.05) is 48.2 Å². The molecule has 3 aromatic rings. The summed E-state index contributed by atoms with van der Waals surface area (Å²) in [6.45, 7) is 0.